The number of hydrogen-bond donors (Lipinski definition) is 1. The zero-order chi connectivity index (χ0) is 18.5. The molecule has 2 aromatic heterocycles. The summed E-state index contributed by atoms with van der Waals surface area (Å²) in [6, 6.07) is 10.4. The van der Waals surface area contributed by atoms with Crippen molar-refractivity contribution < 1.29 is 9.18 Å². The lowest BCUT2D eigenvalue weighted by Gasteiger charge is -2.21. The van der Waals surface area contributed by atoms with Gasteiger partial charge in [0.2, 0.25) is 5.95 Å². The van der Waals surface area contributed by atoms with Crippen molar-refractivity contribution in [2.45, 2.75) is 13.8 Å². The van der Waals surface area contributed by atoms with Crippen LogP contribution in [0.5, 0.6) is 0 Å². The number of aryl methyl sites for hydroxylation is 1. The average Bonchev–Trinajstić information content (AvgIpc) is 2.64. The lowest BCUT2D eigenvalue weighted by atomic mass is 10.2. The van der Waals surface area contributed by atoms with E-state index in [0.29, 0.717) is 31.0 Å². The van der Waals surface area contributed by atoms with Gasteiger partial charge in [-0.1, -0.05) is 12.1 Å². The summed E-state index contributed by atoms with van der Waals surface area (Å²) < 4.78 is 13.3. The fourth-order valence-electron chi connectivity index (χ4n) is 2.63. The number of halogens is 1. The molecule has 0 aliphatic rings. The number of nitrogens with zero attached hydrogens (tertiary/aromatic N) is 4. The lowest BCUT2D eigenvalue weighted by molar-refractivity contribution is 0.0949. The van der Waals surface area contributed by atoms with E-state index in [9.17, 15) is 9.18 Å². The van der Waals surface area contributed by atoms with Crippen LogP contribution >= 0.6 is 0 Å². The van der Waals surface area contributed by atoms with Crippen LogP contribution in [0.25, 0.3) is 11.0 Å². The molecule has 0 aliphatic carbocycles. The number of likely N-dealkylation sites (N-methyl/N-ethyl adjacent to an activating group) is 1. The Balaban J connectivity index is 1.62. The van der Waals surface area contributed by atoms with Crippen LogP contribution in [-0.2, 0) is 0 Å². The van der Waals surface area contributed by atoms with E-state index in [1.54, 1.807) is 12.1 Å². The predicted molar refractivity (Wildman–Crippen MR) is 98.7 cm³/mol. The minimum absolute atomic E-state index is 0.272. The fourth-order valence-corrected chi connectivity index (χ4v) is 2.63. The van der Waals surface area contributed by atoms with Gasteiger partial charge in [0.25, 0.3) is 5.91 Å². The monoisotopic (exact) mass is 353 g/mol. The van der Waals surface area contributed by atoms with Crippen LogP contribution in [0.1, 0.15) is 23.0 Å². The molecule has 1 aromatic carbocycles. The van der Waals surface area contributed by atoms with E-state index in [2.05, 4.69) is 20.3 Å². The molecule has 7 heteroatoms. The van der Waals surface area contributed by atoms with E-state index < -0.39 is 5.95 Å². The van der Waals surface area contributed by atoms with Gasteiger partial charge in [0.1, 0.15) is 11.5 Å². The summed E-state index contributed by atoms with van der Waals surface area (Å²) in [6.07, 6.45) is 1.48. The summed E-state index contributed by atoms with van der Waals surface area (Å²) in [5.74, 6) is -0.266. The number of nitrogens with one attached hydrogen (secondary N) is 1. The molecule has 0 bridgehead atoms. The van der Waals surface area contributed by atoms with Gasteiger partial charge in [-0.2, -0.15) is 4.39 Å². The van der Waals surface area contributed by atoms with Gasteiger partial charge in [-0.3, -0.25) is 9.78 Å². The highest BCUT2D eigenvalue weighted by molar-refractivity contribution is 5.93. The zero-order valence-electron chi connectivity index (χ0n) is 14.7. The SMILES string of the molecule is CCN(CCNC(=O)c1cnc2cc(C)ccc2n1)c1cccc(F)n1. The molecule has 0 aliphatic heterocycles. The molecule has 2 heterocycles. The number of amides is 1. The van der Waals surface area contributed by atoms with Crippen LogP contribution in [0.2, 0.25) is 0 Å². The van der Waals surface area contributed by atoms with Crippen molar-refractivity contribution in [1.82, 2.24) is 20.3 Å². The normalized spacial score (nSPS) is 10.7. The number of aromatic nitrogens is 3. The van der Waals surface area contributed by atoms with Gasteiger partial charge in [0.15, 0.2) is 0 Å². The van der Waals surface area contributed by atoms with Crippen molar-refractivity contribution in [2.24, 2.45) is 0 Å². The van der Waals surface area contributed by atoms with Gasteiger partial charge in [-0.05, 0) is 43.7 Å². The number of carbonyl (C=O) groups excluding carboxylic acids is 1. The van der Waals surface area contributed by atoms with Crippen molar-refractivity contribution in [2.75, 3.05) is 24.5 Å². The summed E-state index contributed by atoms with van der Waals surface area (Å²) in [6.45, 7) is 5.48. The van der Waals surface area contributed by atoms with Gasteiger partial charge in [-0.25, -0.2) is 9.97 Å². The Morgan fingerprint density at radius 2 is 2.04 bits per heavy atom. The van der Waals surface area contributed by atoms with Crippen LogP contribution in [0.4, 0.5) is 10.2 Å². The number of carbonyl (C=O) groups is 1. The molecule has 0 fully saturated rings. The first-order valence-electron chi connectivity index (χ1n) is 8.46. The highest BCUT2D eigenvalue weighted by Gasteiger charge is 2.11. The first kappa shape index (κ1) is 17.7. The van der Waals surface area contributed by atoms with Crippen LogP contribution in [-0.4, -0.2) is 40.5 Å². The topological polar surface area (TPSA) is 71.0 Å². The van der Waals surface area contributed by atoms with E-state index in [4.69, 9.17) is 0 Å². The molecular weight excluding hydrogens is 333 g/mol. The van der Waals surface area contributed by atoms with Gasteiger partial charge in [-0.15, -0.1) is 0 Å². The number of fused-ring (bicyclic) bond motifs is 1. The smallest absolute Gasteiger partial charge is 0.271 e. The molecule has 0 saturated carbocycles. The molecule has 26 heavy (non-hydrogen) atoms. The van der Waals surface area contributed by atoms with Crippen molar-refractivity contribution in [1.29, 1.82) is 0 Å². The first-order chi connectivity index (χ1) is 12.6. The quantitative estimate of drug-likeness (QED) is 0.690. The standard InChI is InChI=1S/C19H20FN5O/c1-3-25(18-6-4-5-17(20)24-18)10-9-21-19(26)16-12-22-15-11-13(2)7-8-14(15)23-16/h4-8,11-12H,3,9-10H2,1-2H3,(H,21,26). The van der Waals surface area contributed by atoms with Crippen LogP contribution < -0.4 is 10.2 Å². The molecule has 6 nitrogen and oxygen atoms in total. The van der Waals surface area contributed by atoms with E-state index in [-0.39, 0.29) is 11.6 Å². The highest BCUT2D eigenvalue weighted by Crippen LogP contribution is 2.12. The Morgan fingerprint density at radius 1 is 1.19 bits per heavy atom. The molecule has 3 rings (SSSR count). The van der Waals surface area contributed by atoms with Crippen molar-refractivity contribution in [3.05, 3.63) is 59.8 Å². The largest absolute Gasteiger partial charge is 0.355 e. The van der Waals surface area contributed by atoms with Crippen molar-refractivity contribution in [3.63, 3.8) is 0 Å². The van der Waals surface area contributed by atoms with E-state index in [0.717, 1.165) is 11.1 Å². The third-order valence-electron chi connectivity index (χ3n) is 4.00. The lowest BCUT2D eigenvalue weighted by Crippen LogP contribution is -2.35. The number of benzene rings is 1. The molecule has 0 atom stereocenters. The minimum Gasteiger partial charge on any atom is -0.355 e. The first-order valence-corrected chi connectivity index (χ1v) is 8.46. The second kappa shape index (κ2) is 7.86. The Bertz CT molecular complexity index is 931. The Morgan fingerprint density at radius 3 is 2.81 bits per heavy atom. The predicted octanol–water partition coefficient (Wildman–Crippen LogP) is 2.73. The maximum atomic E-state index is 13.3. The maximum Gasteiger partial charge on any atom is 0.271 e. The van der Waals surface area contributed by atoms with Crippen LogP contribution in [0.15, 0.2) is 42.6 Å². The van der Waals surface area contributed by atoms with E-state index >= 15 is 0 Å². The van der Waals surface area contributed by atoms with Crippen molar-refractivity contribution >= 4 is 22.8 Å². The molecule has 1 N–H and O–H groups in total. The van der Waals surface area contributed by atoms with Gasteiger partial charge >= 0.3 is 0 Å². The molecular formula is C19H20FN5O. The number of anilines is 1. The van der Waals surface area contributed by atoms with Gasteiger partial charge in [0, 0.05) is 19.6 Å². The van der Waals surface area contributed by atoms with E-state index in [1.165, 1.54) is 12.3 Å². The second-order valence-electron chi connectivity index (χ2n) is 5.90. The average molecular weight is 353 g/mol. The molecule has 0 unspecified atom stereocenters. The van der Waals surface area contributed by atoms with Crippen molar-refractivity contribution in [3.8, 4) is 0 Å². The maximum absolute atomic E-state index is 13.3. The summed E-state index contributed by atoms with van der Waals surface area (Å²) in [5, 5.41) is 2.82. The molecule has 134 valence electrons. The number of pyridine rings is 1. The van der Waals surface area contributed by atoms with Crippen LogP contribution in [0.3, 0.4) is 0 Å². The van der Waals surface area contributed by atoms with Crippen LogP contribution in [0, 0.1) is 12.9 Å². The second-order valence-corrected chi connectivity index (χ2v) is 5.90. The highest BCUT2D eigenvalue weighted by atomic mass is 19.1. The summed E-state index contributed by atoms with van der Waals surface area (Å²) in [7, 11) is 0. The zero-order valence-corrected chi connectivity index (χ0v) is 14.7. The molecule has 1 amide bonds. The molecule has 3 aromatic rings. The molecule has 0 radical (unpaired) electrons. The molecule has 0 saturated heterocycles. The summed E-state index contributed by atoms with van der Waals surface area (Å²) >= 11 is 0. The number of rotatable bonds is 6. The van der Waals surface area contributed by atoms with Gasteiger partial charge in [0.05, 0.1) is 17.2 Å². The van der Waals surface area contributed by atoms with Gasteiger partial charge < -0.3 is 10.2 Å². The Labute approximate surface area is 151 Å². The third-order valence-corrected chi connectivity index (χ3v) is 4.00. The summed E-state index contributed by atoms with van der Waals surface area (Å²) in [4.78, 5) is 26.7. The Kier molecular flexibility index (Phi) is 5.36. The summed E-state index contributed by atoms with van der Waals surface area (Å²) in [5.41, 5.74) is 2.81. The minimum atomic E-state index is -0.522. The fraction of sp³-hybridized carbons (Fsp3) is 0.263. The Hall–Kier alpha value is -3.09. The third kappa shape index (κ3) is 4.11. The van der Waals surface area contributed by atoms with E-state index in [1.807, 2.05) is 36.9 Å². The molecule has 0 spiro atoms. The number of hydrogen-bond acceptors (Lipinski definition) is 5.